The lowest BCUT2D eigenvalue weighted by Crippen LogP contribution is -2.35. The van der Waals surface area contributed by atoms with Gasteiger partial charge < -0.3 is 19.6 Å². The molecule has 1 aromatic carbocycles. The molecular weight excluding hydrogens is 406 g/mol. The summed E-state index contributed by atoms with van der Waals surface area (Å²) < 4.78 is 10.9. The first-order valence-electron chi connectivity index (χ1n) is 11.3. The molecule has 2 N–H and O–H groups in total. The van der Waals surface area contributed by atoms with Crippen LogP contribution < -0.4 is 4.74 Å². The molecule has 0 radical (unpaired) electrons. The molecule has 32 heavy (non-hydrogen) atoms. The summed E-state index contributed by atoms with van der Waals surface area (Å²) in [5, 5.41) is 9.76. The van der Waals surface area contributed by atoms with Crippen molar-refractivity contribution >= 4 is 11.8 Å². The molecule has 2 aromatic rings. The first-order chi connectivity index (χ1) is 15.4. The molecule has 6 heteroatoms. The van der Waals surface area contributed by atoms with Gasteiger partial charge in [0.1, 0.15) is 11.9 Å². The van der Waals surface area contributed by atoms with Gasteiger partial charge in [-0.15, -0.1) is 0 Å². The molecule has 0 unspecified atom stereocenters. The van der Waals surface area contributed by atoms with Gasteiger partial charge in [0, 0.05) is 44.0 Å². The van der Waals surface area contributed by atoms with Gasteiger partial charge in [0.25, 0.3) is 0 Å². The van der Waals surface area contributed by atoms with Crippen LogP contribution in [0, 0.1) is 11.8 Å². The van der Waals surface area contributed by atoms with Crippen molar-refractivity contribution in [2.24, 2.45) is 11.8 Å². The number of hydrogen-bond acceptors (Lipinski definition) is 5. The van der Waals surface area contributed by atoms with Crippen LogP contribution in [0.25, 0.3) is 0 Å². The Kier molecular flexibility index (Phi) is 8.14. The Morgan fingerprint density at radius 3 is 2.72 bits per heavy atom. The Bertz CT molecular complexity index is 934. The quantitative estimate of drug-likeness (QED) is 0.404. The van der Waals surface area contributed by atoms with Gasteiger partial charge in [0.05, 0.1) is 7.11 Å². The number of phenols is 1. The largest absolute Gasteiger partial charge is 0.504 e. The number of allylic oxidation sites excluding steroid dienone is 2. The molecule has 1 aliphatic carbocycles. The Morgan fingerprint density at radius 1 is 1.25 bits per heavy atom. The van der Waals surface area contributed by atoms with Crippen LogP contribution in [-0.2, 0) is 20.7 Å². The van der Waals surface area contributed by atoms with Crippen LogP contribution in [0.5, 0.6) is 11.5 Å². The zero-order valence-electron chi connectivity index (χ0n) is 19.0. The van der Waals surface area contributed by atoms with Crippen LogP contribution >= 0.6 is 0 Å². The maximum absolute atomic E-state index is 12.9. The topological polar surface area (TPSA) is 88.6 Å². The van der Waals surface area contributed by atoms with E-state index in [1.54, 1.807) is 18.2 Å². The van der Waals surface area contributed by atoms with E-state index in [4.69, 9.17) is 9.47 Å². The number of ketones is 1. The summed E-state index contributed by atoms with van der Waals surface area (Å²) >= 11 is 0. The van der Waals surface area contributed by atoms with Gasteiger partial charge in [-0.1, -0.05) is 25.1 Å². The number of aromatic nitrogens is 1. The van der Waals surface area contributed by atoms with Crippen molar-refractivity contribution in [3.63, 3.8) is 0 Å². The standard InChI is InChI=1S/C26H33NO5/c1-4-18-6-9-22(20-11-12-27-16-20)23(13-18)25(32-17(2)28)15-21(29)8-5-19-7-10-24(30)26(14-19)31-3/h6-7,9-12,14,16,18,22-23,25,27,30H,4-5,8,13,15H2,1-3H3/t18-,22+,23-,25-/m0/s1. The third-order valence-corrected chi connectivity index (χ3v) is 6.32. The molecule has 0 spiro atoms. The zero-order chi connectivity index (χ0) is 23.1. The van der Waals surface area contributed by atoms with E-state index in [-0.39, 0.29) is 35.8 Å². The van der Waals surface area contributed by atoms with Crippen LogP contribution in [-0.4, -0.2) is 35.1 Å². The summed E-state index contributed by atoms with van der Waals surface area (Å²) in [6.45, 7) is 3.56. The number of ether oxygens (including phenoxy) is 2. The average molecular weight is 440 g/mol. The first kappa shape index (κ1) is 23.6. The third-order valence-electron chi connectivity index (χ3n) is 6.32. The zero-order valence-corrected chi connectivity index (χ0v) is 19.0. The number of H-pyrrole nitrogens is 1. The van der Waals surface area contributed by atoms with E-state index < -0.39 is 6.10 Å². The van der Waals surface area contributed by atoms with Crippen molar-refractivity contribution in [3.8, 4) is 11.5 Å². The number of aryl methyl sites for hydroxylation is 1. The van der Waals surface area contributed by atoms with Crippen molar-refractivity contribution in [3.05, 3.63) is 59.9 Å². The molecule has 4 atom stereocenters. The Hall–Kier alpha value is -3.02. The smallest absolute Gasteiger partial charge is 0.302 e. The number of nitrogens with one attached hydrogen (secondary N) is 1. The van der Waals surface area contributed by atoms with Crippen LogP contribution in [0.2, 0.25) is 0 Å². The summed E-state index contributed by atoms with van der Waals surface area (Å²) in [4.78, 5) is 27.9. The van der Waals surface area contributed by atoms with E-state index in [1.165, 1.54) is 14.0 Å². The van der Waals surface area contributed by atoms with Crippen molar-refractivity contribution < 1.29 is 24.2 Å². The molecule has 3 rings (SSSR count). The summed E-state index contributed by atoms with van der Waals surface area (Å²) in [5.74, 6) is 0.712. The van der Waals surface area contributed by atoms with Crippen LogP contribution in [0.1, 0.15) is 56.6 Å². The van der Waals surface area contributed by atoms with E-state index >= 15 is 0 Å². The summed E-state index contributed by atoms with van der Waals surface area (Å²) in [7, 11) is 1.50. The summed E-state index contributed by atoms with van der Waals surface area (Å²) in [6, 6.07) is 7.14. The first-order valence-corrected chi connectivity index (χ1v) is 11.3. The summed E-state index contributed by atoms with van der Waals surface area (Å²) in [6.07, 6.45) is 10.8. The number of rotatable bonds is 10. The molecule has 172 valence electrons. The number of Topliss-reactive ketones (excluding diaryl/α,β-unsaturated/α-hetero) is 1. The molecule has 1 aromatic heterocycles. The molecule has 0 saturated heterocycles. The number of aromatic hydroxyl groups is 1. The lowest BCUT2D eigenvalue weighted by Gasteiger charge is -2.36. The fourth-order valence-corrected chi connectivity index (χ4v) is 4.56. The van der Waals surface area contributed by atoms with Gasteiger partial charge in [0.15, 0.2) is 11.5 Å². The van der Waals surface area contributed by atoms with Gasteiger partial charge in [-0.2, -0.15) is 0 Å². The molecule has 1 aliphatic rings. The summed E-state index contributed by atoms with van der Waals surface area (Å²) in [5.41, 5.74) is 2.05. The lowest BCUT2D eigenvalue weighted by atomic mass is 9.72. The van der Waals surface area contributed by atoms with E-state index in [0.717, 1.165) is 24.0 Å². The number of carbonyl (C=O) groups excluding carboxylic acids is 2. The number of phenolic OH excluding ortho intramolecular Hbond substituents is 1. The third kappa shape index (κ3) is 6.02. The van der Waals surface area contributed by atoms with Crippen LogP contribution in [0.3, 0.4) is 0 Å². The van der Waals surface area contributed by atoms with Gasteiger partial charge in [-0.25, -0.2) is 0 Å². The molecular formula is C26H33NO5. The maximum atomic E-state index is 12.9. The SMILES string of the molecule is CC[C@H]1C=C[C@H](c2cc[nH]c2)[C@@H]([C@H](CC(=O)CCc2ccc(O)c(OC)c2)OC(C)=O)C1. The highest BCUT2D eigenvalue weighted by Gasteiger charge is 2.36. The highest BCUT2D eigenvalue weighted by Crippen LogP contribution is 2.41. The van der Waals surface area contributed by atoms with Crippen LogP contribution in [0.15, 0.2) is 48.8 Å². The molecule has 6 nitrogen and oxygen atoms in total. The second-order valence-electron chi connectivity index (χ2n) is 8.52. The number of benzene rings is 1. The normalized spacial score (nSPS) is 21.2. The molecule has 0 aliphatic heterocycles. The molecule has 1 heterocycles. The number of esters is 1. The van der Waals surface area contributed by atoms with E-state index in [2.05, 4.69) is 24.1 Å². The van der Waals surface area contributed by atoms with Crippen LogP contribution in [0.4, 0.5) is 0 Å². The molecule has 0 amide bonds. The van der Waals surface area contributed by atoms with Gasteiger partial charge in [0.2, 0.25) is 0 Å². The minimum atomic E-state index is -0.465. The fourth-order valence-electron chi connectivity index (χ4n) is 4.56. The Balaban J connectivity index is 1.72. The Labute approximate surface area is 189 Å². The van der Waals surface area contributed by atoms with E-state index in [9.17, 15) is 14.7 Å². The fraction of sp³-hybridized carbons (Fsp3) is 0.462. The van der Waals surface area contributed by atoms with Gasteiger partial charge >= 0.3 is 5.97 Å². The predicted octanol–water partition coefficient (Wildman–Crippen LogP) is 4.94. The number of hydrogen-bond donors (Lipinski definition) is 2. The second-order valence-corrected chi connectivity index (χ2v) is 8.52. The number of aromatic amines is 1. The Morgan fingerprint density at radius 2 is 2.06 bits per heavy atom. The van der Waals surface area contributed by atoms with E-state index in [1.807, 2.05) is 18.5 Å². The van der Waals surface area contributed by atoms with Crippen molar-refractivity contribution in [2.75, 3.05) is 7.11 Å². The van der Waals surface area contributed by atoms with Crippen molar-refractivity contribution in [1.82, 2.24) is 4.98 Å². The highest BCUT2D eigenvalue weighted by molar-refractivity contribution is 5.79. The molecule has 0 saturated carbocycles. The molecule has 0 fully saturated rings. The minimum absolute atomic E-state index is 0.0439. The van der Waals surface area contributed by atoms with E-state index in [0.29, 0.717) is 24.5 Å². The number of methoxy groups -OCH3 is 1. The van der Waals surface area contributed by atoms with Gasteiger partial charge in [-0.05, 0) is 54.5 Å². The maximum Gasteiger partial charge on any atom is 0.302 e. The predicted molar refractivity (Wildman–Crippen MR) is 123 cm³/mol. The highest BCUT2D eigenvalue weighted by atomic mass is 16.5. The van der Waals surface area contributed by atoms with Gasteiger partial charge in [-0.3, -0.25) is 9.59 Å². The van der Waals surface area contributed by atoms with Crippen molar-refractivity contribution in [2.45, 2.75) is 58.0 Å². The monoisotopic (exact) mass is 439 g/mol. The van der Waals surface area contributed by atoms with Crippen molar-refractivity contribution in [1.29, 1.82) is 0 Å². The second kappa shape index (κ2) is 11.0. The average Bonchev–Trinajstić information content (AvgIpc) is 3.32. The number of carbonyl (C=O) groups is 2. The molecule has 0 bridgehead atoms. The minimum Gasteiger partial charge on any atom is -0.504 e. The lowest BCUT2D eigenvalue weighted by molar-refractivity contribution is -0.151.